The maximum Gasteiger partial charge on any atom is 0.163 e. The first kappa shape index (κ1) is 15.5. The molecule has 0 aliphatic carbocycles. The van der Waals surface area contributed by atoms with Gasteiger partial charge in [0, 0.05) is 17.5 Å². The highest BCUT2D eigenvalue weighted by atomic mass is 16.5. The van der Waals surface area contributed by atoms with Crippen molar-refractivity contribution < 1.29 is 14.3 Å². The Balaban J connectivity index is 2.97. The van der Waals surface area contributed by atoms with Crippen molar-refractivity contribution in [2.45, 2.75) is 39.2 Å². The molecule has 0 radical (unpaired) electrons. The minimum atomic E-state index is -0.333. The van der Waals surface area contributed by atoms with Crippen LogP contribution in [0.25, 0.3) is 0 Å². The molecule has 1 aromatic rings. The number of benzene rings is 1. The first-order valence-corrected chi connectivity index (χ1v) is 6.33. The van der Waals surface area contributed by atoms with Gasteiger partial charge < -0.3 is 15.2 Å². The Morgan fingerprint density at radius 3 is 2.21 bits per heavy atom. The number of hydrogen-bond acceptors (Lipinski definition) is 4. The molecule has 1 aromatic carbocycles. The average molecular weight is 265 g/mol. The van der Waals surface area contributed by atoms with Crippen LogP contribution in [0.1, 0.15) is 42.6 Å². The second kappa shape index (κ2) is 6.06. The summed E-state index contributed by atoms with van der Waals surface area (Å²) < 4.78 is 10.4. The van der Waals surface area contributed by atoms with E-state index in [0.717, 1.165) is 5.56 Å². The molecule has 19 heavy (non-hydrogen) atoms. The lowest BCUT2D eigenvalue weighted by molar-refractivity contribution is 0.0971. The summed E-state index contributed by atoms with van der Waals surface area (Å²) in [7, 11) is 3.14. The number of ketones is 1. The van der Waals surface area contributed by atoms with Crippen LogP contribution in [0.15, 0.2) is 12.1 Å². The number of hydrogen-bond donors (Lipinski definition) is 1. The molecule has 0 aromatic heterocycles. The quantitative estimate of drug-likeness (QED) is 0.803. The summed E-state index contributed by atoms with van der Waals surface area (Å²) in [4.78, 5) is 12.2. The normalized spacial score (nSPS) is 11.3. The summed E-state index contributed by atoms with van der Waals surface area (Å²) in [5, 5.41) is 0. The fourth-order valence-electron chi connectivity index (χ4n) is 1.85. The molecular weight excluding hydrogens is 242 g/mol. The second-order valence-electron chi connectivity index (χ2n) is 5.43. The molecule has 0 aliphatic rings. The molecule has 2 N–H and O–H groups in total. The number of carbonyl (C=O) groups is 1. The maximum absolute atomic E-state index is 12.2. The number of Topliss-reactive ketones (excluding diaryl/α,β-unsaturated/α-hetero) is 1. The van der Waals surface area contributed by atoms with Crippen LogP contribution in [0, 0.1) is 6.92 Å². The van der Waals surface area contributed by atoms with E-state index in [-0.39, 0.29) is 11.3 Å². The molecular formula is C15H23NO3. The third-order valence-corrected chi connectivity index (χ3v) is 3.03. The summed E-state index contributed by atoms with van der Waals surface area (Å²) in [6, 6.07) is 3.56. The fourth-order valence-corrected chi connectivity index (χ4v) is 1.85. The van der Waals surface area contributed by atoms with Crippen LogP contribution in [-0.4, -0.2) is 25.5 Å². The Morgan fingerprint density at radius 2 is 1.74 bits per heavy atom. The molecule has 0 fully saturated rings. The van der Waals surface area contributed by atoms with Crippen LogP contribution < -0.4 is 15.2 Å². The van der Waals surface area contributed by atoms with Crippen LogP contribution in [-0.2, 0) is 0 Å². The van der Waals surface area contributed by atoms with Gasteiger partial charge in [0.05, 0.1) is 14.2 Å². The van der Waals surface area contributed by atoms with E-state index in [2.05, 4.69) is 0 Å². The van der Waals surface area contributed by atoms with Gasteiger partial charge in [-0.05, 0) is 44.9 Å². The summed E-state index contributed by atoms with van der Waals surface area (Å²) in [5.74, 6) is 1.29. The van der Waals surface area contributed by atoms with Gasteiger partial charge in [0.2, 0.25) is 0 Å². The van der Waals surface area contributed by atoms with Crippen LogP contribution in [0.3, 0.4) is 0 Å². The van der Waals surface area contributed by atoms with Crippen LogP contribution >= 0.6 is 0 Å². The molecule has 0 spiro atoms. The van der Waals surface area contributed by atoms with E-state index < -0.39 is 0 Å². The molecule has 0 saturated carbocycles. The van der Waals surface area contributed by atoms with Crippen LogP contribution in [0.5, 0.6) is 11.5 Å². The average Bonchev–Trinajstić information content (AvgIpc) is 2.34. The van der Waals surface area contributed by atoms with Gasteiger partial charge in [-0.25, -0.2) is 0 Å². The van der Waals surface area contributed by atoms with E-state index in [1.807, 2.05) is 26.8 Å². The van der Waals surface area contributed by atoms with Crippen molar-refractivity contribution in [3.8, 4) is 11.5 Å². The van der Waals surface area contributed by atoms with Crippen molar-refractivity contribution in [2.75, 3.05) is 14.2 Å². The van der Waals surface area contributed by atoms with Gasteiger partial charge >= 0.3 is 0 Å². The summed E-state index contributed by atoms with van der Waals surface area (Å²) in [5.41, 5.74) is 7.13. The highest BCUT2D eigenvalue weighted by Crippen LogP contribution is 2.31. The van der Waals surface area contributed by atoms with Gasteiger partial charge in [0.15, 0.2) is 17.3 Å². The van der Waals surface area contributed by atoms with Gasteiger partial charge in [-0.15, -0.1) is 0 Å². The fraction of sp³-hybridized carbons (Fsp3) is 0.533. The third-order valence-electron chi connectivity index (χ3n) is 3.03. The number of nitrogens with two attached hydrogens (primary N) is 1. The Bertz CT molecular complexity index is 461. The van der Waals surface area contributed by atoms with E-state index in [0.29, 0.717) is 29.9 Å². The number of rotatable bonds is 6. The van der Waals surface area contributed by atoms with Crippen molar-refractivity contribution in [3.05, 3.63) is 23.3 Å². The van der Waals surface area contributed by atoms with Crippen molar-refractivity contribution in [1.82, 2.24) is 0 Å². The number of carbonyl (C=O) groups excluding carboxylic acids is 1. The minimum absolute atomic E-state index is 0.0805. The van der Waals surface area contributed by atoms with Crippen LogP contribution in [0.2, 0.25) is 0 Å². The Morgan fingerprint density at radius 1 is 1.21 bits per heavy atom. The molecule has 0 aliphatic heterocycles. The molecule has 0 bridgehead atoms. The topological polar surface area (TPSA) is 61.5 Å². The van der Waals surface area contributed by atoms with Crippen molar-refractivity contribution in [1.29, 1.82) is 0 Å². The monoisotopic (exact) mass is 265 g/mol. The van der Waals surface area contributed by atoms with Crippen molar-refractivity contribution in [2.24, 2.45) is 5.73 Å². The lowest BCUT2D eigenvalue weighted by Gasteiger charge is -2.18. The zero-order chi connectivity index (χ0) is 14.6. The van der Waals surface area contributed by atoms with E-state index in [1.54, 1.807) is 20.3 Å². The summed E-state index contributed by atoms with van der Waals surface area (Å²) in [6.07, 6.45) is 1.08. The Kier molecular flexibility index (Phi) is 4.95. The largest absolute Gasteiger partial charge is 0.493 e. The van der Waals surface area contributed by atoms with E-state index in [9.17, 15) is 4.79 Å². The summed E-state index contributed by atoms with van der Waals surface area (Å²) in [6.45, 7) is 5.73. The standard InChI is InChI=1S/C15H23NO3/c1-10-8-13(18-4)14(19-5)9-11(10)12(17)6-7-15(2,3)16/h8-9H,6-7,16H2,1-5H3. The Hall–Kier alpha value is -1.55. The lowest BCUT2D eigenvalue weighted by Crippen LogP contribution is -2.32. The molecule has 1 rings (SSSR count). The molecule has 0 atom stereocenters. The van der Waals surface area contributed by atoms with Gasteiger partial charge in [-0.2, -0.15) is 0 Å². The van der Waals surface area contributed by atoms with Gasteiger partial charge in [0.25, 0.3) is 0 Å². The smallest absolute Gasteiger partial charge is 0.163 e. The molecule has 0 unspecified atom stereocenters. The van der Waals surface area contributed by atoms with E-state index in [4.69, 9.17) is 15.2 Å². The molecule has 4 nitrogen and oxygen atoms in total. The minimum Gasteiger partial charge on any atom is -0.493 e. The highest BCUT2D eigenvalue weighted by molar-refractivity contribution is 5.98. The van der Waals surface area contributed by atoms with E-state index in [1.165, 1.54) is 0 Å². The lowest BCUT2D eigenvalue weighted by atomic mass is 9.94. The molecule has 106 valence electrons. The number of methoxy groups -OCH3 is 2. The van der Waals surface area contributed by atoms with Crippen molar-refractivity contribution >= 4 is 5.78 Å². The zero-order valence-electron chi connectivity index (χ0n) is 12.4. The first-order valence-electron chi connectivity index (χ1n) is 6.33. The van der Waals surface area contributed by atoms with Gasteiger partial charge in [-0.3, -0.25) is 4.79 Å². The number of ether oxygens (including phenoxy) is 2. The predicted octanol–water partition coefficient (Wildman–Crippen LogP) is 2.71. The summed E-state index contributed by atoms with van der Waals surface area (Å²) >= 11 is 0. The molecule has 4 heteroatoms. The number of aryl methyl sites for hydroxylation is 1. The first-order chi connectivity index (χ1) is 8.78. The SMILES string of the molecule is COc1cc(C)c(C(=O)CCC(C)(C)N)cc1OC. The zero-order valence-corrected chi connectivity index (χ0v) is 12.4. The maximum atomic E-state index is 12.2. The molecule has 0 heterocycles. The van der Waals surface area contributed by atoms with Crippen molar-refractivity contribution in [3.63, 3.8) is 0 Å². The van der Waals surface area contributed by atoms with Gasteiger partial charge in [-0.1, -0.05) is 0 Å². The van der Waals surface area contributed by atoms with Gasteiger partial charge in [0.1, 0.15) is 0 Å². The highest BCUT2D eigenvalue weighted by Gasteiger charge is 2.18. The second-order valence-corrected chi connectivity index (χ2v) is 5.43. The third kappa shape index (κ3) is 4.24. The molecule has 0 amide bonds. The van der Waals surface area contributed by atoms with Crippen LogP contribution in [0.4, 0.5) is 0 Å². The van der Waals surface area contributed by atoms with E-state index >= 15 is 0 Å². The Labute approximate surface area is 114 Å². The molecule has 0 saturated heterocycles. The predicted molar refractivity (Wildman–Crippen MR) is 76.1 cm³/mol.